The number of ether oxygens (including phenoxy) is 1. The Kier molecular flexibility index (Phi) is 6.49. The van der Waals surface area contributed by atoms with Crippen molar-refractivity contribution in [3.63, 3.8) is 0 Å². The van der Waals surface area contributed by atoms with Crippen molar-refractivity contribution >= 4 is 11.9 Å². The molecule has 1 aromatic rings. The summed E-state index contributed by atoms with van der Waals surface area (Å²) < 4.78 is 5.84. The molecule has 0 aliphatic heterocycles. The summed E-state index contributed by atoms with van der Waals surface area (Å²) in [6, 6.07) is 0. The van der Waals surface area contributed by atoms with Gasteiger partial charge < -0.3 is 4.74 Å². The maximum absolute atomic E-state index is 11.9. The maximum Gasteiger partial charge on any atom is 0.335 e. The Bertz CT molecular complexity index is 684. The summed E-state index contributed by atoms with van der Waals surface area (Å²) in [5.41, 5.74) is -0.563. The highest BCUT2D eigenvalue weighted by Crippen LogP contribution is 2.03. The van der Waals surface area contributed by atoms with E-state index in [2.05, 4.69) is 11.6 Å². The third kappa shape index (κ3) is 5.16. The number of esters is 1. The molecule has 7 heteroatoms. The molecule has 0 aliphatic carbocycles. The van der Waals surface area contributed by atoms with E-state index in [4.69, 9.17) is 4.74 Å². The molecule has 1 aromatic heterocycles. The maximum atomic E-state index is 11.9. The number of aromatic amines is 1. The van der Waals surface area contributed by atoms with Crippen molar-refractivity contribution in [3.05, 3.63) is 44.8 Å². The van der Waals surface area contributed by atoms with Crippen LogP contribution in [0.2, 0.25) is 0 Å². The first-order chi connectivity index (χ1) is 10.3. The Labute approximate surface area is 127 Å². The molecule has 22 heavy (non-hydrogen) atoms. The lowest BCUT2D eigenvalue weighted by atomic mass is 10.2. The predicted molar refractivity (Wildman–Crippen MR) is 80.9 cm³/mol. The van der Waals surface area contributed by atoms with E-state index in [0.29, 0.717) is 30.4 Å². The van der Waals surface area contributed by atoms with Gasteiger partial charge in [-0.2, -0.15) is 0 Å². The summed E-state index contributed by atoms with van der Waals surface area (Å²) >= 11 is 0. The molecular formula is C15H20N2O5. The summed E-state index contributed by atoms with van der Waals surface area (Å²) in [5, 5.41) is 0. The predicted octanol–water partition coefficient (Wildman–Crippen LogP) is 1.16. The van der Waals surface area contributed by atoms with Crippen LogP contribution in [0.3, 0.4) is 0 Å². The Hall–Kier alpha value is -2.44. The summed E-state index contributed by atoms with van der Waals surface area (Å²) in [5.74, 6) is -0.797. The van der Waals surface area contributed by atoms with Gasteiger partial charge in [-0.25, -0.2) is 14.2 Å². The zero-order valence-corrected chi connectivity index (χ0v) is 12.8. The normalized spacial score (nSPS) is 10.3. The topological polar surface area (TPSA) is 98.2 Å². The van der Waals surface area contributed by atoms with Gasteiger partial charge in [-0.15, -0.1) is 0 Å². The van der Waals surface area contributed by atoms with E-state index in [1.165, 1.54) is 13.1 Å². The van der Waals surface area contributed by atoms with Gasteiger partial charge in [0.05, 0.1) is 6.61 Å². The number of nitrogens with one attached hydrogen (secondary N) is 1. The first-order valence-electron chi connectivity index (χ1n) is 7.01. The lowest BCUT2D eigenvalue weighted by Gasteiger charge is -2.05. The second-order valence-electron chi connectivity index (χ2n) is 5.06. The van der Waals surface area contributed by atoms with E-state index in [1.54, 1.807) is 6.92 Å². The van der Waals surface area contributed by atoms with Crippen molar-refractivity contribution < 1.29 is 14.3 Å². The van der Waals surface area contributed by atoms with Gasteiger partial charge in [-0.1, -0.05) is 6.58 Å². The van der Waals surface area contributed by atoms with Gasteiger partial charge in [0.25, 0.3) is 5.56 Å². The minimum Gasteiger partial charge on any atom is -0.462 e. The van der Waals surface area contributed by atoms with E-state index in [1.807, 2.05) is 0 Å². The van der Waals surface area contributed by atoms with Crippen molar-refractivity contribution in [2.75, 3.05) is 6.61 Å². The molecule has 0 unspecified atom stereocenters. The van der Waals surface area contributed by atoms with E-state index in [9.17, 15) is 19.2 Å². The van der Waals surface area contributed by atoms with Gasteiger partial charge in [0.2, 0.25) is 5.91 Å². The van der Waals surface area contributed by atoms with Crippen LogP contribution >= 0.6 is 0 Å². The fourth-order valence-electron chi connectivity index (χ4n) is 1.72. The molecule has 0 saturated carbocycles. The average Bonchev–Trinajstić information content (AvgIpc) is 2.45. The van der Waals surface area contributed by atoms with Gasteiger partial charge in [-0.3, -0.25) is 14.6 Å². The highest BCUT2D eigenvalue weighted by atomic mass is 16.5. The fraction of sp³-hybridized carbons (Fsp3) is 0.467. The smallest absolute Gasteiger partial charge is 0.335 e. The standard InChI is InChI=1S/C15H20N2O5/c1-10(2)14(20)22-8-6-4-5-7-12(18)17-9-11(3)13(19)16-15(17)21/h9H,1,4-8H2,2-3H3,(H,16,19,21). The Morgan fingerprint density at radius 2 is 1.95 bits per heavy atom. The molecule has 0 bridgehead atoms. The van der Waals surface area contributed by atoms with Crippen LogP contribution in [0.4, 0.5) is 0 Å². The van der Waals surface area contributed by atoms with Crippen LogP contribution in [0.1, 0.15) is 43.0 Å². The largest absolute Gasteiger partial charge is 0.462 e. The SMILES string of the molecule is C=C(C)C(=O)OCCCCCC(=O)n1cc(C)c(=O)[nH]c1=O. The van der Waals surface area contributed by atoms with Crippen LogP contribution in [0, 0.1) is 6.92 Å². The van der Waals surface area contributed by atoms with Crippen LogP contribution in [0.5, 0.6) is 0 Å². The van der Waals surface area contributed by atoms with E-state index >= 15 is 0 Å². The Balaban J connectivity index is 2.37. The van der Waals surface area contributed by atoms with Crippen LogP contribution < -0.4 is 11.2 Å². The fourth-order valence-corrected chi connectivity index (χ4v) is 1.72. The van der Waals surface area contributed by atoms with E-state index in [-0.39, 0.29) is 18.9 Å². The van der Waals surface area contributed by atoms with Crippen LogP contribution in [-0.2, 0) is 9.53 Å². The molecule has 1 heterocycles. The first kappa shape index (κ1) is 17.6. The van der Waals surface area contributed by atoms with Crippen molar-refractivity contribution in [1.29, 1.82) is 0 Å². The number of carbonyl (C=O) groups excluding carboxylic acids is 2. The summed E-state index contributed by atoms with van der Waals surface area (Å²) in [4.78, 5) is 47.9. The molecule has 0 spiro atoms. The van der Waals surface area contributed by atoms with E-state index in [0.717, 1.165) is 4.57 Å². The van der Waals surface area contributed by atoms with Crippen molar-refractivity contribution in [2.24, 2.45) is 0 Å². The second-order valence-corrected chi connectivity index (χ2v) is 5.06. The molecule has 1 rings (SSSR count). The molecule has 0 amide bonds. The average molecular weight is 308 g/mol. The monoisotopic (exact) mass is 308 g/mol. The number of carbonyl (C=O) groups is 2. The highest BCUT2D eigenvalue weighted by molar-refractivity contribution is 5.86. The molecular weight excluding hydrogens is 288 g/mol. The zero-order chi connectivity index (χ0) is 16.7. The number of nitrogens with zero attached hydrogens (tertiary/aromatic N) is 1. The number of aromatic nitrogens is 2. The Morgan fingerprint density at radius 1 is 1.27 bits per heavy atom. The summed E-state index contributed by atoms with van der Waals surface area (Å²) in [6.07, 6.45) is 3.31. The summed E-state index contributed by atoms with van der Waals surface area (Å²) in [6.45, 7) is 6.85. The number of H-pyrrole nitrogens is 1. The molecule has 120 valence electrons. The zero-order valence-electron chi connectivity index (χ0n) is 12.8. The molecule has 0 radical (unpaired) electrons. The minimum atomic E-state index is -0.726. The number of unbranched alkanes of at least 4 members (excludes halogenated alkanes) is 2. The molecule has 0 aliphatic rings. The number of hydrogen-bond acceptors (Lipinski definition) is 5. The molecule has 0 saturated heterocycles. The van der Waals surface area contributed by atoms with Gasteiger partial charge in [0.15, 0.2) is 0 Å². The quantitative estimate of drug-likeness (QED) is 0.463. The Morgan fingerprint density at radius 3 is 2.59 bits per heavy atom. The lowest BCUT2D eigenvalue weighted by molar-refractivity contribution is -0.139. The van der Waals surface area contributed by atoms with Gasteiger partial charge >= 0.3 is 11.7 Å². The number of hydrogen-bond donors (Lipinski definition) is 1. The minimum absolute atomic E-state index is 0.180. The third-order valence-corrected chi connectivity index (χ3v) is 3.01. The van der Waals surface area contributed by atoms with Crippen molar-refractivity contribution in [1.82, 2.24) is 9.55 Å². The molecule has 7 nitrogen and oxygen atoms in total. The van der Waals surface area contributed by atoms with E-state index < -0.39 is 17.2 Å². The second kappa shape index (κ2) is 8.11. The van der Waals surface area contributed by atoms with Crippen LogP contribution in [-0.4, -0.2) is 28.0 Å². The molecule has 1 N–H and O–H groups in total. The number of aryl methyl sites for hydroxylation is 1. The first-order valence-corrected chi connectivity index (χ1v) is 7.01. The molecule has 0 aromatic carbocycles. The molecule has 0 fully saturated rings. The van der Waals surface area contributed by atoms with Crippen LogP contribution in [0.25, 0.3) is 0 Å². The van der Waals surface area contributed by atoms with Gasteiger partial charge in [0.1, 0.15) is 0 Å². The lowest BCUT2D eigenvalue weighted by Crippen LogP contribution is -2.34. The number of rotatable bonds is 7. The van der Waals surface area contributed by atoms with Crippen molar-refractivity contribution in [2.45, 2.75) is 39.5 Å². The van der Waals surface area contributed by atoms with Crippen LogP contribution in [0.15, 0.2) is 27.9 Å². The molecule has 0 atom stereocenters. The van der Waals surface area contributed by atoms with Crippen molar-refractivity contribution in [3.8, 4) is 0 Å². The highest BCUT2D eigenvalue weighted by Gasteiger charge is 2.09. The van der Waals surface area contributed by atoms with Gasteiger partial charge in [0, 0.05) is 23.8 Å². The third-order valence-electron chi connectivity index (χ3n) is 3.01. The summed E-state index contributed by atoms with van der Waals surface area (Å²) in [7, 11) is 0. The van der Waals surface area contributed by atoms with Gasteiger partial charge in [-0.05, 0) is 33.1 Å².